The lowest BCUT2D eigenvalue weighted by molar-refractivity contribution is -0.139. The van der Waals surface area contributed by atoms with E-state index in [0.717, 1.165) is 38.3 Å². The topological polar surface area (TPSA) is 68.1 Å². The second kappa shape index (κ2) is 12.2. The highest BCUT2D eigenvalue weighted by molar-refractivity contribution is 8.00. The molecule has 3 fully saturated rings. The van der Waals surface area contributed by atoms with Crippen LogP contribution in [0, 0.1) is 5.92 Å². The lowest BCUT2D eigenvalue weighted by Crippen LogP contribution is -2.47. The number of amidine groups is 1. The number of nitrogens with zero attached hydrogens (tertiary/aromatic N) is 3. The van der Waals surface area contributed by atoms with Crippen molar-refractivity contribution in [3.05, 3.63) is 41.4 Å². The molecule has 1 N–H and O–H groups in total. The fourth-order valence-corrected chi connectivity index (χ4v) is 6.94. The van der Waals surface area contributed by atoms with Gasteiger partial charge in [-0.2, -0.15) is 0 Å². The fraction of sp³-hybridized carbons (Fsp3) is 0.613. The Labute approximate surface area is 237 Å². The molecule has 1 aromatic heterocycles. The zero-order chi connectivity index (χ0) is 27.5. The lowest BCUT2D eigenvalue weighted by Gasteiger charge is -2.34. The predicted octanol–water partition coefficient (Wildman–Crippen LogP) is 6.38. The second-order valence-corrected chi connectivity index (χ2v) is 12.4. The summed E-state index contributed by atoms with van der Waals surface area (Å²) in [5.41, 5.74) is 1.86. The van der Waals surface area contributed by atoms with Gasteiger partial charge in [-0.25, -0.2) is 4.31 Å². The van der Waals surface area contributed by atoms with Crippen LogP contribution in [-0.4, -0.2) is 57.7 Å². The first-order valence-corrected chi connectivity index (χ1v) is 15.6. The van der Waals surface area contributed by atoms with Gasteiger partial charge in [0.15, 0.2) is 5.79 Å². The van der Waals surface area contributed by atoms with E-state index in [4.69, 9.17) is 14.5 Å². The van der Waals surface area contributed by atoms with Crippen molar-refractivity contribution in [1.29, 1.82) is 0 Å². The molecule has 4 heterocycles. The average Bonchev–Trinajstić information content (AvgIpc) is 3.62. The van der Waals surface area contributed by atoms with Gasteiger partial charge in [-0.3, -0.25) is 9.79 Å². The fourth-order valence-electron chi connectivity index (χ4n) is 6.16. The van der Waals surface area contributed by atoms with E-state index >= 15 is 0 Å². The van der Waals surface area contributed by atoms with Crippen LogP contribution in [-0.2, 0) is 20.8 Å². The van der Waals surface area contributed by atoms with Crippen LogP contribution in [0.1, 0.15) is 78.2 Å². The van der Waals surface area contributed by atoms with E-state index in [1.54, 1.807) is 11.9 Å². The number of ether oxygens (including phenoxy) is 2. The number of rotatable bonds is 6. The van der Waals surface area contributed by atoms with E-state index in [0.29, 0.717) is 12.5 Å². The maximum Gasteiger partial charge on any atom is 0.253 e. The molecule has 1 aliphatic carbocycles. The maximum atomic E-state index is 12.9. The molecule has 0 radical (unpaired) electrons. The van der Waals surface area contributed by atoms with Crippen molar-refractivity contribution in [1.82, 2.24) is 14.2 Å². The summed E-state index contributed by atoms with van der Waals surface area (Å²) in [7, 11) is 0. The molecule has 2 saturated heterocycles. The monoisotopic (exact) mass is 552 g/mol. The molecule has 212 valence electrons. The summed E-state index contributed by atoms with van der Waals surface area (Å²) in [6.07, 6.45) is 12.1. The van der Waals surface area contributed by atoms with Crippen LogP contribution in [0.25, 0.3) is 17.0 Å². The Morgan fingerprint density at radius 3 is 2.62 bits per heavy atom. The molecular weight excluding hydrogens is 508 g/mol. The molecule has 1 saturated carbocycles. The number of piperidine rings is 1. The minimum absolute atomic E-state index is 0.0742. The molecule has 1 atom stereocenters. The molecule has 1 amide bonds. The Balaban J connectivity index is 0.00000151. The molecule has 6 rings (SSSR count). The minimum atomic E-state index is -0.531. The van der Waals surface area contributed by atoms with Gasteiger partial charge in [0.25, 0.3) is 5.91 Å². The van der Waals surface area contributed by atoms with Crippen molar-refractivity contribution in [2.24, 2.45) is 10.9 Å². The highest BCUT2D eigenvalue weighted by Gasteiger charge is 2.46. The number of amides is 1. The van der Waals surface area contributed by atoms with Gasteiger partial charge < -0.3 is 19.4 Å². The largest absolute Gasteiger partial charge is 0.348 e. The molecular formula is C31H44N4O3S. The smallest absolute Gasteiger partial charge is 0.253 e. The molecule has 8 heteroatoms. The third kappa shape index (κ3) is 6.45. The van der Waals surface area contributed by atoms with Gasteiger partial charge in [0, 0.05) is 36.1 Å². The Morgan fingerprint density at radius 1 is 1.13 bits per heavy atom. The summed E-state index contributed by atoms with van der Waals surface area (Å²) in [6, 6.07) is 8.75. The minimum Gasteiger partial charge on any atom is -0.348 e. The number of hydrogen-bond acceptors (Lipinski definition) is 6. The average molecular weight is 553 g/mol. The van der Waals surface area contributed by atoms with Gasteiger partial charge >= 0.3 is 0 Å². The first-order valence-electron chi connectivity index (χ1n) is 14.8. The standard InChI is InChI=1S/C29H38N4O3S.C2H6/c1-28(2)35-20-24(36-28)19-32-14-10-23-18-21(8-9-25(23)32)11-17-37-33-15-12-29(13-16-33)27(34)30-26(31-29)22-6-4-3-5-7-22;1-2/h8-11,14,17-18,22,24H,3-7,12-13,15-16,19-20H2,1-2H3,(H,30,31,34);1-2H3/b17-11+;. The Hall–Kier alpha value is -2.13. The van der Waals surface area contributed by atoms with E-state index in [1.807, 2.05) is 27.7 Å². The molecule has 7 nitrogen and oxygen atoms in total. The number of carbonyl (C=O) groups is 1. The zero-order valence-electron chi connectivity index (χ0n) is 23.9. The van der Waals surface area contributed by atoms with Gasteiger partial charge in [0.2, 0.25) is 0 Å². The van der Waals surface area contributed by atoms with E-state index in [2.05, 4.69) is 56.1 Å². The van der Waals surface area contributed by atoms with Gasteiger partial charge in [-0.05, 0) is 74.8 Å². The highest BCUT2D eigenvalue weighted by atomic mass is 32.2. The summed E-state index contributed by atoms with van der Waals surface area (Å²) in [5, 5.41) is 6.55. The first-order chi connectivity index (χ1) is 18.9. The van der Waals surface area contributed by atoms with Crippen molar-refractivity contribution in [3.8, 4) is 0 Å². The van der Waals surface area contributed by atoms with Crippen molar-refractivity contribution in [3.63, 3.8) is 0 Å². The molecule has 1 spiro atoms. The van der Waals surface area contributed by atoms with Crippen LogP contribution in [0.5, 0.6) is 0 Å². The van der Waals surface area contributed by atoms with Crippen molar-refractivity contribution >= 4 is 40.7 Å². The van der Waals surface area contributed by atoms with Crippen molar-refractivity contribution < 1.29 is 14.3 Å². The predicted molar refractivity (Wildman–Crippen MR) is 161 cm³/mol. The number of benzene rings is 1. The van der Waals surface area contributed by atoms with Crippen molar-refractivity contribution in [2.75, 3.05) is 19.7 Å². The normalized spacial score (nSPS) is 25.2. The Morgan fingerprint density at radius 2 is 1.90 bits per heavy atom. The molecule has 4 aliphatic rings. The number of hydrogen-bond donors (Lipinski definition) is 1. The summed E-state index contributed by atoms with van der Waals surface area (Å²) in [5.74, 6) is 1.07. The van der Waals surface area contributed by atoms with E-state index in [-0.39, 0.29) is 12.0 Å². The van der Waals surface area contributed by atoms with Gasteiger partial charge in [-0.1, -0.05) is 51.1 Å². The van der Waals surface area contributed by atoms with Crippen LogP contribution in [0.4, 0.5) is 0 Å². The molecule has 2 aromatic rings. The molecule has 0 bridgehead atoms. The maximum absolute atomic E-state index is 12.9. The van der Waals surface area contributed by atoms with E-state index in [1.165, 1.54) is 48.6 Å². The van der Waals surface area contributed by atoms with Crippen LogP contribution >= 0.6 is 11.9 Å². The van der Waals surface area contributed by atoms with Gasteiger partial charge in [0.05, 0.1) is 13.2 Å². The number of nitrogens with one attached hydrogen (secondary N) is 1. The second-order valence-electron chi connectivity index (χ2n) is 11.4. The number of carbonyl (C=O) groups excluding carboxylic acids is 1. The molecule has 3 aliphatic heterocycles. The number of aliphatic imine (C=N–C) groups is 1. The summed E-state index contributed by atoms with van der Waals surface area (Å²) in [4.78, 5) is 17.9. The zero-order valence-corrected chi connectivity index (χ0v) is 24.8. The molecule has 39 heavy (non-hydrogen) atoms. The Bertz CT molecular complexity index is 1210. The van der Waals surface area contributed by atoms with Gasteiger partial charge in [0.1, 0.15) is 17.5 Å². The van der Waals surface area contributed by atoms with Gasteiger partial charge in [-0.15, -0.1) is 0 Å². The highest BCUT2D eigenvalue weighted by Crippen LogP contribution is 2.36. The third-order valence-corrected chi connectivity index (χ3v) is 9.19. The van der Waals surface area contributed by atoms with Crippen LogP contribution in [0.2, 0.25) is 0 Å². The lowest BCUT2D eigenvalue weighted by atomic mass is 9.88. The van der Waals surface area contributed by atoms with Crippen LogP contribution in [0.3, 0.4) is 0 Å². The summed E-state index contributed by atoms with van der Waals surface area (Å²) in [6.45, 7) is 11.1. The SMILES string of the molecule is CC.CC1(C)OCC(Cn2ccc3cc(/C=C/SN4CCC5(CC4)N=C(C4CCCCC4)NC5=O)ccc32)O1. The first kappa shape index (κ1) is 28.4. The van der Waals surface area contributed by atoms with Crippen molar-refractivity contribution in [2.45, 2.75) is 96.6 Å². The Kier molecular flexibility index (Phi) is 8.86. The van der Waals surface area contributed by atoms with Crippen LogP contribution < -0.4 is 5.32 Å². The summed E-state index contributed by atoms with van der Waals surface area (Å²) < 4.78 is 16.3. The summed E-state index contributed by atoms with van der Waals surface area (Å²) >= 11 is 1.73. The molecule has 1 unspecified atom stereocenters. The van der Waals surface area contributed by atoms with E-state index in [9.17, 15) is 4.79 Å². The molecule has 1 aromatic carbocycles. The number of aromatic nitrogens is 1. The van der Waals surface area contributed by atoms with Crippen LogP contribution in [0.15, 0.2) is 40.9 Å². The number of fused-ring (bicyclic) bond motifs is 1. The quantitative estimate of drug-likeness (QED) is 0.421. The van der Waals surface area contributed by atoms with E-state index < -0.39 is 11.3 Å². The third-order valence-electron chi connectivity index (χ3n) is 8.27.